The molecule has 0 bridgehead atoms. The number of aromatic nitrogens is 2. The molecule has 2 aliphatic carbocycles. The molecule has 0 atom stereocenters. The Morgan fingerprint density at radius 2 is 1.14 bits per heavy atom. The van der Waals surface area contributed by atoms with E-state index in [1.54, 1.807) is 24.3 Å². The Kier molecular flexibility index (Phi) is 28.2. The van der Waals surface area contributed by atoms with Gasteiger partial charge in [0.05, 0.1) is 35.6 Å². The Morgan fingerprint density at radius 3 is 1.47 bits per heavy atom. The maximum atomic E-state index is 14.4. The lowest BCUT2D eigenvalue weighted by Crippen LogP contribution is -2.42. The van der Waals surface area contributed by atoms with Crippen molar-refractivity contribution >= 4 is 103 Å². The van der Waals surface area contributed by atoms with E-state index >= 15 is 0 Å². The molecule has 0 spiro atoms. The molecule has 23 heteroatoms. The largest absolute Gasteiger partial charge is 0.396 e. The highest BCUT2D eigenvalue weighted by atomic mass is 35.5. The van der Waals surface area contributed by atoms with Gasteiger partial charge in [0, 0.05) is 99.3 Å². The van der Waals surface area contributed by atoms with Crippen LogP contribution in [-0.4, -0.2) is 94.3 Å². The fraction of sp³-hybridized carbons (Fsp3) is 0.400. The third-order valence-corrected chi connectivity index (χ3v) is 18.8. The molecule has 10 nitrogen and oxygen atoms in total. The Bertz CT molecular complexity index is 2870. The maximum Gasteiger partial charge on any atom is 0.236 e. The number of carbonyl (C=O) groups is 2. The second-order valence-electron chi connectivity index (χ2n) is 16.4. The zero-order valence-corrected chi connectivity index (χ0v) is 45.2. The van der Waals surface area contributed by atoms with Crippen LogP contribution in [0.2, 0.25) is 0 Å². The van der Waals surface area contributed by atoms with Crippen molar-refractivity contribution < 1.29 is 46.1 Å². The Hall–Kier alpha value is -3.91. The second-order valence-corrected chi connectivity index (χ2v) is 23.8. The van der Waals surface area contributed by atoms with Crippen LogP contribution in [-0.2, 0) is 67.5 Å². The first-order valence-electron chi connectivity index (χ1n) is 22.8. The van der Waals surface area contributed by atoms with E-state index in [2.05, 4.69) is 68.6 Å². The molecule has 0 unspecified atom stereocenters. The summed E-state index contributed by atoms with van der Waals surface area (Å²) in [4.78, 5) is 30.1. The Balaban J connectivity index is 0.000000282. The number of aliphatic hydroxyl groups is 2. The molecule has 2 saturated carbocycles. The quantitative estimate of drug-likeness (QED) is 0.0320. The summed E-state index contributed by atoms with van der Waals surface area (Å²) in [6, 6.07) is 16.5. The number of rotatable bonds is 14. The lowest BCUT2D eigenvalue weighted by atomic mass is 9.74. The normalized spacial score (nSPS) is 16.2. The van der Waals surface area contributed by atoms with Gasteiger partial charge in [-0.1, -0.05) is 28.2 Å². The van der Waals surface area contributed by atoms with Crippen LogP contribution >= 0.6 is 11.6 Å². The average molecular weight is 1150 g/mol. The zero-order chi connectivity index (χ0) is 52.9. The van der Waals surface area contributed by atoms with E-state index < -0.39 is 23.3 Å². The summed E-state index contributed by atoms with van der Waals surface area (Å²) in [5.74, 6) is -3.57. The lowest BCUT2D eigenvalue weighted by molar-refractivity contribution is -0.120. The summed E-state index contributed by atoms with van der Waals surface area (Å²) < 4.78 is 82.6. The van der Waals surface area contributed by atoms with Crippen molar-refractivity contribution in [2.24, 2.45) is 5.73 Å². The number of H-pyrrole nitrogens is 2. The van der Waals surface area contributed by atoms with E-state index in [0.29, 0.717) is 40.6 Å². The van der Waals surface area contributed by atoms with Gasteiger partial charge in [-0.3, -0.25) is 9.59 Å². The molecule has 400 valence electrons. The van der Waals surface area contributed by atoms with E-state index in [-0.39, 0.29) is 97.9 Å². The van der Waals surface area contributed by atoms with E-state index in [1.165, 1.54) is 91.6 Å². The summed E-state index contributed by atoms with van der Waals surface area (Å²) >= 11 is 14.0. The van der Waals surface area contributed by atoms with Crippen LogP contribution in [0.3, 0.4) is 0 Å². The fourth-order valence-electron chi connectivity index (χ4n) is 8.23. The minimum Gasteiger partial charge on any atom is -0.396 e. The fourth-order valence-corrected chi connectivity index (χ4v) is 13.8. The summed E-state index contributed by atoms with van der Waals surface area (Å²) in [5.41, 5.74) is 10.9. The molecule has 0 radical (unpaired) electrons. The maximum absolute atomic E-state index is 14.4. The number of amides is 1. The van der Waals surface area contributed by atoms with Gasteiger partial charge in [0.1, 0.15) is 53.3 Å². The van der Waals surface area contributed by atoms with Crippen LogP contribution in [0.4, 0.5) is 26.3 Å². The molecule has 0 saturated heterocycles. The van der Waals surface area contributed by atoms with Crippen LogP contribution in [0.1, 0.15) is 83.3 Å². The van der Waals surface area contributed by atoms with Gasteiger partial charge in [-0.25, -0.2) is 26.3 Å². The number of nitrogens with two attached hydrogens (primary N) is 1. The average Bonchev–Trinajstić information content (AvgIpc) is 3.90. The summed E-state index contributed by atoms with van der Waals surface area (Å²) in [6.07, 6.45) is 3.11. The summed E-state index contributed by atoms with van der Waals surface area (Å²) in [7, 11) is 5.63. The molecule has 8 N–H and O–H groups in total. The van der Waals surface area contributed by atoms with Crippen LogP contribution in [0.5, 0.6) is 0 Å². The third kappa shape index (κ3) is 18.7. The first-order valence-corrected chi connectivity index (χ1v) is 30.0. The third-order valence-electron chi connectivity index (χ3n) is 11.9. The topological polar surface area (TPSA) is 159 Å². The van der Waals surface area contributed by atoms with Crippen molar-refractivity contribution in [3.8, 4) is 22.5 Å². The number of nitrogens with zero attached hydrogens (tertiary/aromatic N) is 1. The number of hydrogen-bond acceptors (Lipinski definition) is 9. The van der Waals surface area contributed by atoms with E-state index in [9.17, 15) is 35.9 Å². The number of aliphatic hydroxyl groups excluding tert-OH is 2. The molecule has 6 aromatic rings. The molecule has 2 heterocycles. The lowest BCUT2D eigenvalue weighted by Gasteiger charge is -2.36. The van der Waals surface area contributed by atoms with E-state index in [4.69, 9.17) is 27.5 Å². The predicted molar refractivity (Wildman–Crippen MR) is 298 cm³/mol. The highest BCUT2D eigenvalue weighted by Gasteiger charge is 2.35. The van der Waals surface area contributed by atoms with Gasteiger partial charge >= 0.3 is 0 Å². The zero-order valence-electron chi connectivity index (χ0n) is 39.6. The number of alkyl halides is 1. The van der Waals surface area contributed by atoms with Crippen LogP contribution < -0.4 is 16.4 Å². The highest BCUT2D eigenvalue weighted by Crippen LogP contribution is 2.47. The first kappa shape index (κ1) is 63.4. The molecule has 2 fully saturated rings. The number of hydrogen-bond donors (Lipinski definition) is 7. The number of aromatic amines is 2. The number of benzene rings is 4. The van der Waals surface area contributed by atoms with E-state index in [1.807, 2.05) is 0 Å². The van der Waals surface area contributed by atoms with Gasteiger partial charge in [0.15, 0.2) is 0 Å². The predicted octanol–water partition coefficient (Wildman–Crippen LogP) is 9.76. The van der Waals surface area contributed by atoms with Crippen LogP contribution in [0, 0.1) is 34.9 Å². The number of Topliss-reactive ketones (excluding diaryl/α,β-unsaturated/α-hetero) is 1. The number of halogens is 7. The monoisotopic (exact) mass is 1150 g/mol. The molecule has 2 aromatic heterocycles. The minimum atomic E-state index is -0.668. The van der Waals surface area contributed by atoms with Gasteiger partial charge in [0.25, 0.3) is 0 Å². The minimum absolute atomic E-state index is 0. The smallest absolute Gasteiger partial charge is 0.236 e. The Labute approximate surface area is 448 Å². The van der Waals surface area contributed by atoms with Gasteiger partial charge < -0.3 is 41.4 Å². The van der Waals surface area contributed by atoms with Gasteiger partial charge in [0.2, 0.25) is 5.91 Å². The van der Waals surface area contributed by atoms with Crippen molar-refractivity contribution in [1.82, 2.24) is 25.5 Å². The van der Waals surface area contributed by atoms with Crippen molar-refractivity contribution in [3.63, 3.8) is 0 Å². The Morgan fingerprint density at radius 1 is 0.712 bits per heavy atom. The van der Waals surface area contributed by atoms with Crippen molar-refractivity contribution in [3.05, 3.63) is 119 Å². The first-order chi connectivity index (χ1) is 34.5. The SMILES string of the molecule is C.CCN(CC)CC.NC1CC(c2c(-c3ccc(F)cc3)[nH]c3c(F)cc(F)cc23)C1.O=C(CCO)CNC1CC(c2c(-c3ccc(F)cc3)[nH]c3c(F)cc(F)cc23)C1.O=C(CCl)NCO.S=S=S=S=S=S. The summed E-state index contributed by atoms with van der Waals surface area (Å²) in [6.45, 7) is 9.81. The van der Waals surface area contributed by atoms with E-state index in [0.717, 1.165) is 41.7 Å². The van der Waals surface area contributed by atoms with Gasteiger partial charge in [-0.2, -0.15) is 0 Å². The molecule has 1 amide bonds. The molecule has 73 heavy (non-hydrogen) atoms. The van der Waals surface area contributed by atoms with Crippen molar-refractivity contribution in [2.45, 2.75) is 84.2 Å². The number of fused-ring (bicyclic) bond motifs is 2. The van der Waals surface area contributed by atoms with Gasteiger partial charge in [-0.15, -0.1) is 11.6 Å². The standard InChI is InChI=1S/C22H21F3N2O2.C18H15F3N2.C6H15N.C3H6ClNO2.CH4.S6/c23-14-3-1-12(2-4-14)21-20(18-9-15(24)10-19(25)22(18)27-21)13-7-16(8-13)26-11-17(29)5-6-28;19-11-3-1-9(2-4-11)17-16(10-5-13(22)6-10)14-7-12(20)8-15(21)18(14)23-17;1-4-7(5-2)6-3;4-1-3(7)5-2-6;;1-3-5-6-4-2/h1-4,9-10,13,16,26-28H,5-8,11H2;1-4,7-8,10,13,23H,5-6,22H2;4-6H2,1-3H3;6H,1-2H2,(H,5,7);1H4;. The van der Waals surface area contributed by atoms with Crippen LogP contribution in [0.15, 0.2) is 72.8 Å². The van der Waals surface area contributed by atoms with Crippen molar-refractivity contribution in [1.29, 1.82) is 0 Å². The molecule has 0 aliphatic heterocycles. The molecule has 4 aromatic carbocycles. The highest BCUT2D eigenvalue weighted by molar-refractivity contribution is 8.64. The summed E-state index contributed by atoms with van der Waals surface area (Å²) in [5, 5.41) is 23.1. The molecule has 8 rings (SSSR count). The van der Waals surface area contributed by atoms with Crippen molar-refractivity contribution in [2.75, 3.05) is 45.4 Å². The number of ketones is 1. The number of carbonyl (C=O) groups excluding carboxylic acids is 2. The van der Waals surface area contributed by atoms with Gasteiger partial charge in [-0.05, 0) is 140 Å². The van der Waals surface area contributed by atoms with Crippen LogP contribution in [0.25, 0.3) is 44.3 Å². The molecule has 2 aliphatic rings. The number of nitrogens with one attached hydrogen (secondary N) is 4. The molecular formula is C50H61ClF6N6O4S6. The molecular weight excluding hydrogens is 1090 g/mol. The second kappa shape index (κ2) is 32.5.